The summed E-state index contributed by atoms with van der Waals surface area (Å²) in [5.41, 5.74) is 0. The Bertz CT molecular complexity index is 448. The first kappa shape index (κ1) is 15.1. The van der Waals surface area contributed by atoms with Crippen LogP contribution in [0.2, 0.25) is 0 Å². The molecular weight excluding hydrogens is 304 g/mol. The maximum Gasteiger partial charge on any atom is 0.224 e. The van der Waals surface area contributed by atoms with Crippen molar-refractivity contribution < 1.29 is 4.79 Å². The zero-order valence-corrected chi connectivity index (χ0v) is 13.8. The molecule has 0 bridgehead atoms. The van der Waals surface area contributed by atoms with Crippen LogP contribution in [0.5, 0.6) is 0 Å². The van der Waals surface area contributed by atoms with E-state index < -0.39 is 0 Å². The number of nitrogens with one attached hydrogen (secondary N) is 1. The van der Waals surface area contributed by atoms with Gasteiger partial charge in [-0.25, -0.2) is 4.98 Å². The van der Waals surface area contributed by atoms with Crippen molar-refractivity contribution in [3.05, 3.63) is 11.6 Å². The minimum absolute atomic E-state index is 0.302. The number of hydrogen-bond acceptors (Lipinski definition) is 6. The van der Waals surface area contributed by atoms with Crippen molar-refractivity contribution in [2.24, 2.45) is 0 Å². The van der Waals surface area contributed by atoms with E-state index in [1.54, 1.807) is 11.3 Å². The molecule has 5 nitrogen and oxygen atoms in total. The second kappa shape index (κ2) is 7.47. The van der Waals surface area contributed by atoms with Crippen LogP contribution in [0.3, 0.4) is 0 Å². The van der Waals surface area contributed by atoms with Crippen molar-refractivity contribution in [1.29, 1.82) is 0 Å². The first-order valence-corrected chi connectivity index (χ1v) is 9.60. The molecule has 0 spiro atoms. The van der Waals surface area contributed by atoms with Gasteiger partial charge in [-0.2, -0.15) is 11.8 Å². The highest BCUT2D eigenvalue weighted by Crippen LogP contribution is 2.19. The summed E-state index contributed by atoms with van der Waals surface area (Å²) in [6, 6.07) is 0.356. The molecule has 2 fully saturated rings. The fourth-order valence-electron chi connectivity index (χ4n) is 2.82. The monoisotopic (exact) mass is 326 g/mol. The summed E-state index contributed by atoms with van der Waals surface area (Å²) in [7, 11) is 0. The third-order valence-electron chi connectivity index (χ3n) is 3.96. The van der Waals surface area contributed by atoms with Crippen LogP contribution >= 0.6 is 23.1 Å². The highest BCUT2D eigenvalue weighted by molar-refractivity contribution is 7.99. The first-order valence-electron chi connectivity index (χ1n) is 7.56. The Kier molecular flexibility index (Phi) is 5.38. The van der Waals surface area contributed by atoms with Gasteiger partial charge in [-0.05, 0) is 6.42 Å². The molecule has 7 heteroatoms. The van der Waals surface area contributed by atoms with Gasteiger partial charge in [-0.1, -0.05) is 0 Å². The molecule has 2 aliphatic heterocycles. The fraction of sp³-hybridized carbons (Fsp3) is 0.714. The Morgan fingerprint density at radius 2 is 2.33 bits per heavy atom. The van der Waals surface area contributed by atoms with E-state index >= 15 is 0 Å². The maximum absolute atomic E-state index is 12.5. The van der Waals surface area contributed by atoms with Crippen molar-refractivity contribution in [3.8, 4) is 0 Å². The Morgan fingerprint density at radius 3 is 3.10 bits per heavy atom. The number of nitrogens with zero attached hydrogens (tertiary/aromatic N) is 3. The lowest BCUT2D eigenvalue weighted by molar-refractivity contribution is -0.131. The van der Waals surface area contributed by atoms with Crippen molar-refractivity contribution in [1.82, 2.24) is 15.2 Å². The third kappa shape index (κ3) is 4.11. The van der Waals surface area contributed by atoms with Gasteiger partial charge in [0.25, 0.3) is 0 Å². The number of aromatic nitrogens is 1. The Hall–Kier alpha value is -0.790. The number of anilines is 1. The fourth-order valence-corrected chi connectivity index (χ4v) is 4.47. The molecule has 3 rings (SSSR count). The van der Waals surface area contributed by atoms with Gasteiger partial charge in [0.1, 0.15) is 0 Å². The highest BCUT2D eigenvalue weighted by atomic mass is 32.2. The van der Waals surface area contributed by atoms with E-state index in [2.05, 4.69) is 15.2 Å². The summed E-state index contributed by atoms with van der Waals surface area (Å²) >= 11 is 3.62. The molecule has 116 valence electrons. The summed E-state index contributed by atoms with van der Waals surface area (Å²) in [5.74, 6) is 2.53. The lowest BCUT2D eigenvalue weighted by Gasteiger charge is -2.26. The average Bonchev–Trinajstić information content (AvgIpc) is 2.93. The van der Waals surface area contributed by atoms with Crippen molar-refractivity contribution in [2.75, 3.05) is 49.1 Å². The van der Waals surface area contributed by atoms with E-state index in [-0.39, 0.29) is 0 Å². The van der Waals surface area contributed by atoms with E-state index in [0.29, 0.717) is 18.4 Å². The van der Waals surface area contributed by atoms with Crippen molar-refractivity contribution in [3.63, 3.8) is 0 Å². The van der Waals surface area contributed by atoms with E-state index in [1.807, 2.05) is 28.2 Å². The molecule has 1 amide bonds. The van der Waals surface area contributed by atoms with E-state index in [9.17, 15) is 4.79 Å². The molecule has 1 atom stereocenters. The van der Waals surface area contributed by atoms with Crippen LogP contribution in [0, 0.1) is 0 Å². The minimum Gasteiger partial charge on any atom is -0.346 e. The molecule has 1 N–H and O–H groups in total. The lowest BCUT2D eigenvalue weighted by atomic mass is 10.2. The quantitative estimate of drug-likeness (QED) is 0.907. The molecule has 0 aromatic carbocycles. The molecule has 3 heterocycles. The molecule has 1 unspecified atom stereocenters. The van der Waals surface area contributed by atoms with Crippen LogP contribution in [0.4, 0.5) is 5.13 Å². The van der Waals surface area contributed by atoms with Crippen LogP contribution in [0.1, 0.15) is 12.8 Å². The van der Waals surface area contributed by atoms with Crippen LogP contribution in [0.25, 0.3) is 0 Å². The molecule has 2 saturated heterocycles. The van der Waals surface area contributed by atoms with Crippen LogP contribution in [0.15, 0.2) is 11.6 Å². The van der Waals surface area contributed by atoms with Crippen LogP contribution in [-0.4, -0.2) is 66.1 Å². The predicted molar refractivity (Wildman–Crippen MR) is 89.3 cm³/mol. The molecule has 1 aromatic rings. The van der Waals surface area contributed by atoms with Gasteiger partial charge in [0, 0.05) is 68.3 Å². The van der Waals surface area contributed by atoms with Gasteiger partial charge in [-0.15, -0.1) is 11.3 Å². The molecule has 0 saturated carbocycles. The largest absolute Gasteiger partial charge is 0.346 e. The molecule has 0 aliphatic carbocycles. The molecule has 21 heavy (non-hydrogen) atoms. The number of carbonyl (C=O) groups excluding carboxylic acids is 1. The minimum atomic E-state index is 0.302. The van der Waals surface area contributed by atoms with Gasteiger partial charge < -0.3 is 15.1 Å². The summed E-state index contributed by atoms with van der Waals surface area (Å²) < 4.78 is 0. The summed E-state index contributed by atoms with van der Waals surface area (Å²) in [6.45, 7) is 4.61. The van der Waals surface area contributed by atoms with Crippen molar-refractivity contribution >= 4 is 34.1 Å². The van der Waals surface area contributed by atoms with Gasteiger partial charge in [0.2, 0.25) is 5.91 Å². The van der Waals surface area contributed by atoms with E-state index in [1.165, 1.54) is 0 Å². The molecule has 1 aromatic heterocycles. The SMILES string of the molecule is O=C(CC1CSCCN1)N1CCCN(c2nccs2)CC1. The molecular formula is C14H22N4OS2. The summed E-state index contributed by atoms with van der Waals surface area (Å²) in [5, 5.41) is 6.54. The van der Waals surface area contributed by atoms with Gasteiger partial charge in [0.05, 0.1) is 0 Å². The second-order valence-electron chi connectivity index (χ2n) is 5.47. The van der Waals surface area contributed by atoms with E-state index in [0.717, 1.165) is 55.8 Å². The van der Waals surface area contributed by atoms with E-state index in [4.69, 9.17) is 0 Å². The average molecular weight is 326 g/mol. The topological polar surface area (TPSA) is 48.5 Å². The predicted octanol–water partition coefficient (Wildman–Crippen LogP) is 1.28. The Morgan fingerprint density at radius 1 is 1.38 bits per heavy atom. The molecule has 0 radical (unpaired) electrons. The van der Waals surface area contributed by atoms with Crippen molar-refractivity contribution in [2.45, 2.75) is 18.9 Å². The van der Waals surface area contributed by atoms with Crippen LogP contribution < -0.4 is 10.2 Å². The van der Waals surface area contributed by atoms with Crippen LogP contribution in [-0.2, 0) is 4.79 Å². The maximum atomic E-state index is 12.5. The Balaban J connectivity index is 1.51. The number of thioether (sulfide) groups is 1. The summed E-state index contributed by atoms with van der Waals surface area (Å²) in [6.07, 6.45) is 3.52. The van der Waals surface area contributed by atoms with Gasteiger partial charge >= 0.3 is 0 Å². The first-order chi connectivity index (χ1) is 10.3. The number of rotatable bonds is 3. The highest BCUT2D eigenvalue weighted by Gasteiger charge is 2.23. The summed E-state index contributed by atoms with van der Waals surface area (Å²) in [4.78, 5) is 21.2. The standard InChI is InChI=1S/C14H22N4OS2/c19-13(10-12-11-20-8-2-15-12)17-4-1-5-18(7-6-17)14-16-3-9-21-14/h3,9,12,15H,1-2,4-8,10-11H2. The molecule has 2 aliphatic rings. The van der Waals surface area contributed by atoms with Gasteiger partial charge in [-0.3, -0.25) is 4.79 Å². The van der Waals surface area contributed by atoms with Gasteiger partial charge in [0.15, 0.2) is 5.13 Å². The zero-order valence-electron chi connectivity index (χ0n) is 12.2. The number of amides is 1. The third-order valence-corrected chi connectivity index (χ3v) is 5.92. The zero-order chi connectivity index (χ0) is 14.5. The number of carbonyl (C=O) groups is 1. The normalized spacial score (nSPS) is 23.9. The lowest BCUT2D eigenvalue weighted by Crippen LogP contribution is -2.43. The number of hydrogen-bond donors (Lipinski definition) is 1. The second-order valence-corrected chi connectivity index (χ2v) is 7.49. The number of thiazole rings is 1. The Labute approximate surface area is 134 Å². The smallest absolute Gasteiger partial charge is 0.224 e.